The van der Waals surface area contributed by atoms with E-state index in [2.05, 4.69) is 34.6 Å². The molecule has 9 atom stereocenters. The number of hydrogen-bond donors (Lipinski definition) is 2. The Morgan fingerprint density at radius 1 is 0.950 bits per heavy atom. The third-order valence-corrected chi connectivity index (χ3v) is 12.7. The number of nitrogen functional groups attached to an aromatic ring is 2. The summed E-state index contributed by atoms with van der Waals surface area (Å²) >= 11 is 0. The first-order valence-corrected chi connectivity index (χ1v) is 16.9. The molecule has 0 aromatic heterocycles. The zero-order chi connectivity index (χ0) is 28.7. The molecular weight excluding hydrogens is 492 g/mol. The summed E-state index contributed by atoms with van der Waals surface area (Å²) in [6.45, 7) is 12.4. The fourth-order valence-electron chi connectivity index (χ4n) is 11.1. The molecule has 0 radical (unpaired) electrons. The molecule has 4 heteroatoms. The van der Waals surface area contributed by atoms with Crippen LogP contribution in [0.15, 0.2) is 18.2 Å². The maximum atomic E-state index is 13.0. The van der Waals surface area contributed by atoms with Crippen LogP contribution >= 0.6 is 0 Å². The molecule has 0 spiro atoms. The Balaban J connectivity index is 1.27. The molecule has 4 aliphatic carbocycles. The van der Waals surface area contributed by atoms with Gasteiger partial charge in [-0.2, -0.15) is 0 Å². The smallest absolute Gasteiger partial charge is 0.338 e. The molecule has 224 valence electrons. The summed E-state index contributed by atoms with van der Waals surface area (Å²) in [6, 6.07) is 5.06. The fraction of sp³-hybridized carbons (Fsp3) is 0.806. The second-order valence-corrected chi connectivity index (χ2v) is 15.4. The zero-order valence-electron chi connectivity index (χ0n) is 26.2. The van der Waals surface area contributed by atoms with Gasteiger partial charge in [-0.05, 0) is 135 Å². The van der Waals surface area contributed by atoms with Crippen LogP contribution in [-0.4, -0.2) is 12.1 Å². The van der Waals surface area contributed by atoms with Crippen molar-refractivity contribution in [3.05, 3.63) is 23.8 Å². The third kappa shape index (κ3) is 5.54. The lowest BCUT2D eigenvalue weighted by molar-refractivity contribution is -0.142. The lowest BCUT2D eigenvalue weighted by Gasteiger charge is -2.62. The number of rotatable bonds is 9. The van der Waals surface area contributed by atoms with Gasteiger partial charge in [0.25, 0.3) is 0 Å². The average Bonchev–Trinajstić information content (AvgIpc) is 3.25. The molecule has 1 aromatic rings. The molecule has 4 nitrogen and oxygen atoms in total. The molecule has 4 fully saturated rings. The van der Waals surface area contributed by atoms with Crippen LogP contribution in [0.3, 0.4) is 0 Å². The van der Waals surface area contributed by atoms with Crippen LogP contribution < -0.4 is 11.5 Å². The van der Waals surface area contributed by atoms with Crippen LogP contribution in [0.4, 0.5) is 11.4 Å². The first-order valence-electron chi connectivity index (χ1n) is 16.9. The number of hydrogen-bond acceptors (Lipinski definition) is 4. The highest BCUT2D eigenvalue weighted by atomic mass is 16.5. The van der Waals surface area contributed by atoms with E-state index in [0.29, 0.717) is 33.7 Å². The summed E-state index contributed by atoms with van der Waals surface area (Å²) in [7, 11) is 0. The summed E-state index contributed by atoms with van der Waals surface area (Å²) in [6.07, 6.45) is 18.6. The van der Waals surface area contributed by atoms with Gasteiger partial charge in [0.2, 0.25) is 0 Å². The van der Waals surface area contributed by atoms with E-state index >= 15 is 0 Å². The number of anilines is 2. The lowest BCUT2D eigenvalue weighted by Crippen LogP contribution is -2.55. The summed E-state index contributed by atoms with van der Waals surface area (Å²) in [4.78, 5) is 13.0. The van der Waals surface area contributed by atoms with Gasteiger partial charge in [-0.1, -0.05) is 60.3 Å². The van der Waals surface area contributed by atoms with Gasteiger partial charge >= 0.3 is 5.97 Å². The molecular formula is C36H58N2O2. The highest BCUT2D eigenvalue weighted by Crippen LogP contribution is 2.69. The van der Waals surface area contributed by atoms with E-state index in [1.807, 2.05) is 0 Å². The summed E-state index contributed by atoms with van der Waals surface area (Å²) in [5.41, 5.74) is 14.4. The number of carbonyl (C=O) groups excluding carboxylic acids is 1. The Hall–Kier alpha value is -1.71. The Kier molecular flexibility index (Phi) is 8.84. The summed E-state index contributed by atoms with van der Waals surface area (Å²) in [5.74, 6) is 5.72. The van der Waals surface area contributed by atoms with Crippen molar-refractivity contribution in [2.45, 2.75) is 131 Å². The minimum absolute atomic E-state index is 0.0121. The van der Waals surface area contributed by atoms with Crippen molar-refractivity contribution in [3.63, 3.8) is 0 Å². The number of ether oxygens (including phenoxy) is 1. The van der Waals surface area contributed by atoms with Crippen LogP contribution in [0.1, 0.15) is 135 Å². The predicted octanol–water partition coefficient (Wildman–Crippen LogP) is 9.28. The lowest BCUT2D eigenvalue weighted by atomic mass is 9.43. The summed E-state index contributed by atoms with van der Waals surface area (Å²) < 4.78 is 6.12. The van der Waals surface area contributed by atoms with E-state index in [4.69, 9.17) is 16.2 Å². The van der Waals surface area contributed by atoms with Crippen molar-refractivity contribution < 1.29 is 9.53 Å². The molecule has 0 aliphatic heterocycles. The van der Waals surface area contributed by atoms with Crippen LogP contribution in [0.5, 0.6) is 0 Å². The average molecular weight is 551 g/mol. The van der Waals surface area contributed by atoms with E-state index in [-0.39, 0.29) is 12.1 Å². The predicted molar refractivity (Wildman–Crippen MR) is 167 cm³/mol. The van der Waals surface area contributed by atoms with E-state index < -0.39 is 0 Å². The molecule has 0 amide bonds. The van der Waals surface area contributed by atoms with Gasteiger partial charge in [0.15, 0.2) is 0 Å². The minimum atomic E-state index is -0.270. The fourth-order valence-corrected chi connectivity index (χ4v) is 11.1. The number of carbonyl (C=O) groups is 1. The normalized spacial score (nSPS) is 37.9. The Bertz CT molecular complexity index is 1020. The van der Waals surface area contributed by atoms with E-state index in [0.717, 1.165) is 48.3 Å². The van der Waals surface area contributed by atoms with Crippen molar-refractivity contribution in [3.8, 4) is 0 Å². The van der Waals surface area contributed by atoms with Gasteiger partial charge in [0, 0.05) is 11.4 Å². The third-order valence-electron chi connectivity index (χ3n) is 12.7. The first-order chi connectivity index (χ1) is 19.1. The molecule has 4 saturated carbocycles. The zero-order valence-corrected chi connectivity index (χ0v) is 26.2. The second kappa shape index (κ2) is 11.9. The highest BCUT2D eigenvalue weighted by Gasteiger charge is 2.61. The van der Waals surface area contributed by atoms with Gasteiger partial charge in [-0.15, -0.1) is 0 Å². The quantitative estimate of drug-likeness (QED) is 0.237. The molecule has 5 rings (SSSR count). The molecule has 40 heavy (non-hydrogen) atoms. The van der Waals surface area contributed by atoms with E-state index in [1.165, 1.54) is 77.0 Å². The molecule has 0 saturated heterocycles. The molecule has 1 aromatic carbocycles. The second-order valence-electron chi connectivity index (χ2n) is 15.4. The van der Waals surface area contributed by atoms with Crippen molar-refractivity contribution in [2.75, 3.05) is 11.5 Å². The molecule has 4 N–H and O–H groups in total. The first kappa shape index (κ1) is 29.8. The largest absolute Gasteiger partial charge is 0.459 e. The standard InChI is InChI=1S/C36H58N2O2/c1-6-16-36-18-14-29(40-34(39)25-19-27(37)22-28(38)20-25)21-26(36)10-11-30-32-13-12-31(24(4)9-7-8-23(2)3)35(32,5)17-15-33(30)36/h19-20,22-24,26,29-33H,6-18,21,37-38H2,1-5H3. The van der Waals surface area contributed by atoms with Gasteiger partial charge in [-0.25, -0.2) is 4.79 Å². The molecule has 9 unspecified atom stereocenters. The number of fused-ring (bicyclic) bond motifs is 5. The van der Waals surface area contributed by atoms with Crippen molar-refractivity contribution in [1.82, 2.24) is 0 Å². The monoisotopic (exact) mass is 550 g/mol. The van der Waals surface area contributed by atoms with Crippen molar-refractivity contribution >= 4 is 17.3 Å². The van der Waals surface area contributed by atoms with E-state index in [9.17, 15) is 4.79 Å². The van der Waals surface area contributed by atoms with Crippen molar-refractivity contribution in [2.24, 2.45) is 52.3 Å². The van der Waals surface area contributed by atoms with E-state index in [1.54, 1.807) is 18.2 Å². The number of benzene rings is 1. The molecule has 4 aliphatic rings. The number of nitrogens with two attached hydrogens (primary N) is 2. The summed E-state index contributed by atoms with van der Waals surface area (Å²) in [5, 5.41) is 0. The van der Waals surface area contributed by atoms with Gasteiger partial charge in [0.05, 0.1) is 5.56 Å². The van der Waals surface area contributed by atoms with Gasteiger partial charge < -0.3 is 16.2 Å². The van der Waals surface area contributed by atoms with Crippen molar-refractivity contribution in [1.29, 1.82) is 0 Å². The highest BCUT2D eigenvalue weighted by molar-refractivity contribution is 5.91. The van der Waals surface area contributed by atoms with Crippen LogP contribution in [-0.2, 0) is 4.74 Å². The van der Waals surface area contributed by atoms with Crippen LogP contribution in [0, 0.1) is 52.3 Å². The maximum absolute atomic E-state index is 13.0. The number of esters is 1. The van der Waals surface area contributed by atoms with Crippen LogP contribution in [0.25, 0.3) is 0 Å². The Morgan fingerprint density at radius 2 is 1.70 bits per heavy atom. The molecule has 0 bridgehead atoms. The SMILES string of the molecule is CCCC12CCC(OC(=O)c3cc(N)cc(N)c3)CC1CCC1C3CCC(C(C)CCCC(C)C)C3(C)CCC12. The van der Waals surface area contributed by atoms with Crippen LogP contribution in [0.2, 0.25) is 0 Å². The topological polar surface area (TPSA) is 78.3 Å². The molecule has 0 heterocycles. The minimum Gasteiger partial charge on any atom is -0.459 e. The Labute approximate surface area is 244 Å². The van der Waals surface area contributed by atoms with Gasteiger partial charge in [-0.3, -0.25) is 0 Å². The van der Waals surface area contributed by atoms with Gasteiger partial charge in [0.1, 0.15) is 6.10 Å². The maximum Gasteiger partial charge on any atom is 0.338 e. The Morgan fingerprint density at radius 3 is 2.40 bits per heavy atom.